The van der Waals surface area contributed by atoms with Gasteiger partial charge in [0.05, 0.1) is 4.92 Å². The van der Waals surface area contributed by atoms with Crippen molar-refractivity contribution in [1.29, 1.82) is 0 Å². The first-order chi connectivity index (χ1) is 14.2. The number of nitro benzene ring substituents is 1. The number of nitrogens with zero attached hydrogens (tertiary/aromatic N) is 2. The van der Waals surface area contributed by atoms with E-state index in [0.717, 1.165) is 4.47 Å². The molecule has 0 N–H and O–H groups in total. The molecule has 0 radical (unpaired) electrons. The largest absolute Gasteiger partial charge is 0.294 e. The Bertz CT molecular complexity index is 1110. The van der Waals surface area contributed by atoms with Gasteiger partial charge in [0.1, 0.15) is 0 Å². The number of benzene rings is 2. The molecular weight excluding hydrogens is 448 g/mol. The van der Waals surface area contributed by atoms with Crippen molar-refractivity contribution < 1.29 is 14.5 Å². The van der Waals surface area contributed by atoms with Gasteiger partial charge in [0.2, 0.25) is 5.91 Å². The Balaban J connectivity index is 1.90. The number of hydrogen-bond acceptors (Lipinski definition) is 4. The molecule has 6 nitrogen and oxygen atoms in total. The number of rotatable bonds is 3. The summed E-state index contributed by atoms with van der Waals surface area (Å²) in [5, 5.41) is 11.2. The Labute approximate surface area is 182 Å². The zero-order valence-electron chi connectivity index (χ0n) is 16.7. The second-order valence-electron chi connectivity index (χ2n) is 8.62. The number of non-ortho nitro benzene ring substituents is 1. The summed E-state index contributed by atoms with van der Waals surface area (Å²) >= 11 is 3.46. The van der Waals surface area contributed by atoms with Crippen molar-refractivity contribution in [2.24, 2.45) is 5.41 Å². The highest BCUT2D eigenvalue weighted by atomic mass is 79.9. The molecule has 1 unspecified atom stereocenters. The van der Waals surface area contributed by atoms with Gasteiger partial charge in [0.15, 0.2) is 5.78 Å². The predicted octanol–water partition coefficient (Wildman–Crippen LogP) is 5.52. The summed E-state index contributed by atoms with van der Waals surface area (Å²) in [6, 6.07) is 13.7. The van der Waals surface area contributed by atoms with Crippen molar-refractivity contribution in [3.05, 3.63) is 80.0 Å². The Morgan fingerprint density at radius 1 is 1.10 bits per heavy atom. The lowest BCUT2D eigenvalue weighted by Crippen LogP contribution is -2.43. The fourth-order valence-corrected chi connectivity index (χ4v) is 4.86. The van der Waals surface area contributed by atoms with Crippen LogP contribution >= 0.6 is 15.9 Å². The van der Waals surface area contributed by atoms with E-state index in [4.69, 9.17) is 0 Å². The van der Waals surface area contributed by atoms with E-state index in [1.807, 2.05) is 38.1 Å². The van der Waals surface area contributed by atoms with E-state index in [1.54, 1.807) is 17.0 Å². The van der Waals surface area contributed by atoms with Gasteiger partial charge in [-0.05, 0) is 35.6 Å². The van der Waals surface area contributed by atoms with Crippen LogP contribution in [0.1, 0.15) is 44.6 Å². The first kappa shape index (κ1) is 20.5. The molecule has 0 fully saturated rings. The third-order valence-corrected chi connectivity index (χ3v) is 6.19. The van der Waals surface area contributed by atoms with Crippen LogP contribution in [0.15, 0.2) is 64.3 Å². The summed E-state index contributed by atoms with van der Waals surface area (Å²) in [4.78, 5) is 39.0. The molecule has 1 atom stereocenters. The highest BCUT2D eigenvalue weighted by Crippen LogP contribution is 2.48. The second-order valence-corrected chi connectivity index (χ2v) is 9.53. The lowest BCUT2D eigenvalue weighted by molar-refractivity contribution is -0.384. The van der Waals surface area contributed by atoms with Gasteiger partial charge in [-0.2, -0.15) is 0 Å². The quantitative estimate of drug-likeness (QED) is 0.438. The van der Waals surface area contributed by atoms with Crippen LogP contribution in [0.5, 0.6) is 0 Å². The minimum atomic E-state index is -0.473. The zero-order valence-corrected chi connectivity index (χ0v) is 18.3. The predicted molar refractivity (Wildman–Crippen MR) is 117 cm³/mol. The third kappa shape index (κ3) is 3.69. The number of ketones is 1. The van der Waals surface area contributed by atoms with E-state index >= 15 is 0 Å². The van der Waals surface area contributed by atoms with Gasteiger partial charge in [0.25, 0.3) is 5.69 Å². The molecule has 0 saturated heterocycles. The normalized spacial score (nSPS) is 20.9. The van der Waals surface area contributed by atoms with Crippen LogP contribution in [0.25, 0.3) is 0 Å². The van der Waals surface area contributed by atoms with Gasteiger partial charge >= 0.3 is 0 Å². The number of carbonyl (C=O) groups excluding carboxylic acids is 2. The highest BCUT2D eigenvalue weighted by Gasteiger charge is 2.44. The van der Waals surface area contributed by atoms with Crippen molar-refractivity contribution in [2.75, 3.05) is 4.90 Å². The molecule has 30 heavy (non-hydrogen) atoms. The molecule has 1 amide bonds. The van der Waals surface area contributed by atoms with Crippen LogP contribution in [-0.4, -0.2) is 16.6 Å². The Kier molecular flexibility index (Phi) is 5.10. The lowest BCUT2D eigenvalue weighted by Gasteiger charge is -2.43. The monoisotopic (exact) mass is 468 g/mol. The van der Waals surface area contributed by atoms with Crippen molar-refractivity contribution in [3.8, 4) is 0 Å². The van der Waals surface area contributed by atoms with Crippen LogP contribution in [-0.2, 0) is 9.59 Å². The molecule has 0 saturated carbocycles. The minimum Gasteiger partial charge on any atom is -0.294 e. The average molecular weight is 469 g/mol. The molecule has 0 aromatic heterocycles. The molecule has 1 aliphatic carbocycles. The minimum absolute atomic E-state index is 0.00486. The molecule has 0 spiro atoms. The zero-order chi connectivity index (χ0) is 21.6. The fraction of sp³-hybridized carbons (Fsp3) is 0.304. The number of carbonyl (C=O) groups is 2. The average Bonchev–Trinajstić information content (AvgIpc) is 2.66. The van der Waals surface area contributed by atoms with Crippen molar-refractivity contribution in [2.45, 2.75) is 39.0 Å². The Morgan fingerprint density at radius 3 is 2.53 bits per heavy atom. The summed E-state index contributed by atoms with van der Waals surface area (Å²) in [6.07, 6.45) is 1.06. The molecule has 0 bridgehead atoms. The number of allylic oxidation sites excluding steroid dienone is 2. The highest BCUT2D eigenvalue weighted by molar-refractivity contribution is 9.10. The lowest BCUT2D eigenvalue weighted by atomic mass is 9.69. The standard InChI is InChI=1S/C23H21BrN2O4/c1-23(2)12-19-22(20(27)13-23)18(14-5-3-8-17(9-14)26(29)30)11-21(28)25(19)16-7-4-6-15(24)10-16/h3-10,18H,11-13H2,1-2H3. The molecular formula is C23H21BrN2O4. The van der Waals surface area contributed by atoms with Crippen LogP contribution in [0.2, 0.25) is 0 Å². The van der Waals surface area contributed by atoms with Crippen molar-refractivity contribution in [3.63, 3.8) is 0 Å². The van der Waals surface area contributed by atoms with E-state index in [2.05, 4.69) is 15.9 Å². The Morgan fingerprint density at radius 2 is 1.83 bits per heavy atom. The molecule has 2 aliphatic rings. The first-order valence-corrected chi connectivity index (χ1v) is 10.5. The molecule has 2 aromatic carbocycles. The van der Waals surface area contributed by atoms with Crippen molar-refractivity contribution in [1.82, 2.24) is 0 Å². The fourth-order valence-electron chi connectivity index (χ4n) is 4.47. The summed E-state index contributed by atoms with van der Waals surface area (Å²) in [7, 11) is 0. The molecule has 7 heteroatoms. The van der Waals surface area contributed by atoms with Crippen LogP contribution in [0.3, 0.4) is 0 Å². The number of amides is 1. The molecule has 4 rings (SSSR count). The summed E-state index contributed by atoms with van der Waals surface area (Å²) < 4.78 is 0.845. The molecule has 1 aliphatic heterocycles. The van der Waals surface area contributed by atoms with E-state index in [9.17, 15) is 19.7 Å². The van der Waals surface area contributed by atoms with Gasteiger partial charge in [-0.3, -0.25) is 24.6 Å². The van der Waals surface area contributed by atoms with Gasteiger partial charge < -0.3 is 0 Å². The van der Waals surface area contributed by atoms with Crippen LogP contribution in [0, 0.1) is 15.5 Å². The molecule has 1 heterocycles. The molecule has 154 valence electrons. The summed E-state index contributed by atoms with van der Waals surface area (Å²) in [5.74, 6) is -0.585. The Hall–Kier alpha value is -2.80. The third-order valence-electron chi connectivity index (χ3n) is 5.69. The number of nitro groups is 1. The number of anilines is 1. The van der Waals surface area contributed by atoms with Crippen LogP contribution in [0.4, 0.5) is 11.4 Å². The topological polar surface area (TPSA) is 80.5 Å². The van der Waals surface area contributed by atoms with E-state index in [1.165, 1.54) is 12.1 Å². The molecule has 2 aromatic rings. The summed E-state index contributed by atoms with van der Waals surface area (Å²) in [6.45, 7) is 4.05. The van der Waals surface area contributed by atoms with Gasteiger partial charge in [-0.15, -0.1) is 0 Å². The number of halogens is 1. The first-order valence-electron chi connectivity index (χ1n) is 9.75. The summed E-state index contributed by atoms with van der Waals surface area (Å²) in [5.41, 5.74) is 2.35. The maximum Gasteiger partial charge on any atom is 0.269 e. The van der Waals surface area contributed by atoms with Gasteiger partial charge in [-0.25, -0.2) is 0 Å². The van der Waals surface area contributed by atoms with Gasteiger partial charge in [0, 0.05) is 52.3 Å². The maximum atomic E-state index is 13.3. The van der Waals surface area contributed by atoms with E-state index in [-0.39, 0.29) is 29.2 Å². The number of Topliss-reactive ketones (excluding diaryl/α,β-unsaturated/α-hetero) is 1. The second kappa shape index (κ2) is 7.47. The van der Waals surface area contributed by atoms with E-state index < -0.39 is 10.8 Å². The van der Waals surface area contributed by atoms with Crippen molar-refractivity contribution >= 4 is 39.0 Å². The smallest absolute Gasteiger partial charge is 0.269 e. The van der Waals surface area contributed by atoms with E-state index in [0.29, 0.717) is 35.4 Å². The maximum absolute atomic E-state index is 13.3. The van der Waals surface area contributed by atoms with Gasteiger partial charge in [-0.1, -0.05) is 48.0 Å². The van der Waals surface area contributed by atoms with Crippen LogP contribution < -0.4 is 4.90 Å². The number of hydrogen-bond donors (Lipinski definition) is 0. The SMILES string of the molecule is CC1(C)CC(=O)C2=C(C1)N(c1cccc(Br)c1)C(=O)CC2c1cccc([N+](=O)[O-])c1.